The van der Waals surface area contributed by atoms with Crippen LogP contribution in [0.1, 0.15) is 96.2 Å². The third-order valence-electron chi connectivity index (χ3n) is 13.0. The maximum Gasteiger partial charge on any atom is 0.248 e. The highest BCUT2D eigenvalue weighted by Crippen LogP contribution is 2.40. The van der Waals surface area contributed by atoms with Crippen molar-refractivity contribution in [3.63, 3.8) is 0 Å². The van der Waals surface area contributed by atoms with Crippen LogP contribution in [0.2, 0.25) is 5.02 Å². The second-order valence-electron chi connectivity index (χ2n) is 18.4. The Morgan fingerprint density at radius 2 is 1.70 bits per heavy atom. The number of aliphatic hydroxyl groups is 1. The normalized spacial score (nSPS) is 17.3. The number of nitrogens with one attached hydrogen (secondary N) is 2. The number of thiazole rings is 1. The van der Waals surface area contributed by atoms with E-state index >= 15 is 4.39 Å². The number of aromatic nitrogens is 6. The third kappa shape index (κ3) is 10.3. The van der Waals surface area contributed by atoms with Gasteiger partial charge in [-0.1, -0.05) is 61.8 Å². The van der Waals surface area contributed by atoms with Gasteiger partial charge >= 0.3 is 0 Å². The molecule has 2 aliphatic heterocycles. The van der Waals surface area contributed by atoms with Crippen molar-refractivity contribution in [2.45, 2.75) is 91.6 Å². The molecule has 1 fully saturated rings. The van der Waals surface area contributed by atoms with Crippen molar-refractivity contribution in [3.05, 3.63) is 140 Å². The maximum absolute atomic E-state index is 15.2. The molecule has 4 aromatic heterocycles. The number of ether oxygens (including phenoxy) is 1. The van der Waals surface area contributed by atoms with Gasteiger partial charge in [-0.05, 0) is 87.1 Å². The molecule has 0 unspecified atom stereocenters. The minimum Gasteiger partial charge on any atom is -0.492 e. The standard InChI is InChI=1S/C52H54ClFN10O5S2/c1-27(2)47(51(68)62-25-40(65)21-43(62)50(67)58-29(4)33-8-10-35(11-9-33)48-30(5)56-26-70-48)63-24-37(23-57-63)36-18-39(54)20-41(19-36)69-17-16-55-44(66)22-42-49-61-60-32(7)64(49)52-45(28(3)31(6)71-52)46(59-42)34-12-14-38(53)15-13-34/h8-15,18-20,23-24,26-27,29,40,42-43,47,65H,16-17,21-22,25H2,1-7H3,(H,55,66)(H,58,67)/t29-,40+,42-,43-,47+/m0/s1. The number of fused-ring (bicyclic) bond motifs is 3. The molecular weight excluding hydrogens is 963 g/mol. The Hall–Kier alpha value is -6.60. The van der Waals surface area contributed by atoms with Gasteiger partial charge < -0.3 is 25.4 Å². The molecule has 0 saturated carbocycles. The molecule has 9 rings (SSSR count). The highest BCUT2D eigenvalue weighted by atomic mass is 35.5. The van der Waals surface area contributed by atoms with Crippen molar-refractivity contribution in [1.29, 1.82) is 0 Å². The number of aryl methyl sites for hydroxylation is 3. The predicted octanol–water partition coefficient (Wildman–Crippen LogP) is 8.86. The zero-order valence-corrected chi connectivity index (χ0v) is 42.7. The molecule has 0 radical (unpaired) electrons. The molecular formula is C52H54ClFN10O5S2. The first-order valence-corrected chi connectivity index (χ1v) is 25.5. The Morgan fingerprint density at radius 3 is 2.42 bits per heavy atom. The fourth-order valence-electron chi connectivity index (χ4n) is 9.27. The number of nitrogens with zero attached hydrogens (tertiary/aromatic N) is 8. The first-order valence-electron chi connectivity index (χ1n) is 23.4. The van der Waals surface area contributed by atoms with Crippen molar-refractivity contribution in [3.8, 4) is 32.3 Å². The number of carbonyl (C=O) groups is 3. The molecule has 7 aromatic rings. The second kappa shape index (κ2) is 20.6. The number of hydrogen-bond acceptors (Lipinski definition) is 12. The van der Waals surface area contributed by atoms with Gasteiger partial charge in [-0.15, -0.1) is 32.9 Å². The Balaban J connectivity index is 0.837. The SMILES string of the molecule is Cc1ncsc1-c1ccc([C@H](C)NC(=O)[C@@H]2C[C@@H](O)CN2C(=O)[C@@H](C(C)C)n2cc(-c3cc(F)cc(OCCNC(=O)C[C@@H]4N=C(c5ccc(Cl)cc5)c5c(sc(C)c5C)-n5c(C)nnc54)c3)cn2)cc1. The van der Waals surface area contributed by atoms with E-state index in [2.05, 4.69) is 44.8 Å². The van der Waals surface area contributed by atoms with Gasteiger partial charge in [0.05, 0.1) is 53.1 Å². The fourth-order valence-corrected chi connectivity index (χ4v) is 11.4. The van der Waals surface area contributed by atoms with E-state index in [1.54, 1.807) is 41.1 Å². The molecule has 15 nitrogen and oxygen atoms in total. The van der Waals surface area contributed by atoms with Gasteiger partial charge in [0.25, 0.3) is 0 Å². The Morgan fingerprint density at radius 1 is 0.958 bits per heavy atom. The number of aliphatic hydroxyl groups excluding tert-OH is 1. The number of hydrogen-bond donors (Lipinski definition) is 3. The molecule has 1 saturated heterocycles. The van der Waals surface area contributed by atoms with E-state index in [0.29, 0.717) is 27.8 Å². The van der Waals surface area contributed by atoms with E-state index in [-0.39, 0.29) is 68.0 Å². The molecule has 3 aromatic carbocycles. The van der Waals surface area contributed by atoms with Crippen LogP contribution in [0.3, 0.4) is 0 Å². The van der Waals surface area contributed by atoms with Crippen LogP contribution in [0, 0.1) is 39.4 Å². The zero-order valence-electron chi connectivity index (χ0n) is 40.3. The minimum absolute atomic E-state index is 0.00536. The summed E-state index contributed by atoms with van der Waals surface area (Å²) in [6.07, 6.45) is 2.42. The van der Waals surface area contributed by atoms with E-state index in [9.17, 15) is 19.5 Å². The van der Waals surface area contributed by atoms with E-state index < -0.39 is 30.0 Å². The molecule has 0 bridgehead atoms. The maximum atomic E-state index is 15.2. The lowest BCUT2D eigenvalue weighted by molar-refractivity contribution is -0.142. The third-order valence-corrected chi connectivity index (χ3v) is 15.5. The summed E-state index contributed by atoms with van der Waals surface area (Å²) in [5.74, 6) is -0.323. The fraction of sp³-hybridized carbons (Fsp3) is 0.346. The predicted molar refractivity (Wildman–Crippen MR) is 273 cm³/mol. The number of thiophene rings is 1. The van der Waals surface area contributed by atoms with Gasteiger partial charge in [0.1, 0.15) is 47.1 Å². The lowest BCUT2D eigenvalue weighted by atomic mass is 9.99. The van der Waals surface area contributed by atoms with Crippen LogP contribution in [0.4, 0.5) is 4.39 Å². The molecule has 19 heteroatoms. The monoisotopic (exact) mass is 1020 g/mol. The largest absolute Gasteiger partial charge is 0.492 e. The summed E-state index contributed by atoms with van der Waals surface area (Å²) in [5.41, 5.74) is 9.38. The number of aliphatic imine (C=N–C) groups is 1. The summed E-state index contributed by atoms with van der Waals surface area (Å²) in [6, 6.07) is 17.0. The average molecular weight is 1020 g/mol. The first kappa shape index (κ1) is 49.4. The second-order valence-corrected chi connectivity index (χ2v) is 20.9. The van der Waals surface area contributed by atoms with Crippen molar-refractivity contribution >= 4 is 57.7 Å². The van der Waals surface area contributed by atoms with Crippen LogP contribution >= 0.6 is 34.3 Å². The molecule has 2 aliphatic rings. The van der Waals surface area contributed by atoms with E-state index in [1.807, 2.05) is 93.2 Å². The number of amides is 3. The number of benzene rings is 3. The van der Waals surface area contributed by atoms with Crippen LogP contribution in [-0.4, -0.2) is 94.8 Å². The van der Waals surface area contributed by atoms with Crippen molar-refractivity contribution in [2.75, 3.05) is 19.7 Å². The molecule has 3 N–H and O–H groups in total. The number of halogens is 2. The van der Waals surface area contributed by atoms with Crippen LogP contribution in [0.25, 0.3) is 26.6 Å². The summed E-state index contributed by atoms with van der Waals surface area (Å²) in [6.45, 7) is 13.8. The summed E-state index contributed by atoms with van der Waals surface area (Å²) in [7, 11) is 0. The highest BCUT2D eigenvalue weighted by Gasteiger charge is 2.43. The zero-order chi connectivity index (χ0) is 50.2. The van der Waals surface area contributed by atoms with Crippen molar-refractivity contribution in [2.24, 2.45) is 10.9 Å². The molecule has 0 aliphatic carbocycles. The first-order chi connectivity index (χ1) is 34.0. The highest BCUT2D eigenvalue weighted by molar-refractivity contribution is 7.15. The van der Waals surface area contributed by atoms with E-state index in [0.717, 1.165) is 54.0 Å². The van der Waals surface area contributed by atoms with Gasteiger partial charge in [-0.25, -0.2) is 9.37 Å². The molecule has 368 valence electrons. The van der Waals surface area contributed by atoms with Crippen LogP contribution in [-0.2, 0) is 14.4 Å². The van der Waals surface area contributed by atoms with Crippen LogP contribution in [0.5, 0.6) is 5.75 Å². The topological polar surface area (TPSA) is 182 Å². The van der Waals surface area contributed by atoms with Gasteiger partial charge in [-0.2, -0.15) is 5.10 Å². The molecule has 6 heterocycles. The molecule has 71 heavy (non-hydrogen) atoms. The number of β-amino-alcohol motifs (C(OH)–C–C–N with tert-alkyl or cyclic N) is 1. The molecule has 5 atom stereocenters. The van der Waals surface area contributed by atoms with Crippen molar-refractivity contribution < 1.29 is 28.6 Å². The summed E-state index contributed by atoms with van der Waals surface area (Å²) in [5, 5.41) is 31.7. The lowest BCUT2D eigenvalue weighted by Crippen LogP contribution is -2.49. The van der Waals surface area contributed by atoms with Gasteiger partial charge in [0.2, 0.25) is 17.7 Å². The molecule has 0 spiro atoms. The number of rotatable bonds is 15. The van der Waals surface area contributed by atoms with Gasteiger partial charge in [0.15, 0.2) is 5.82 Å². The Bertz CT molecular complexity index is 3140. The van der Waals surface area contributed by atoms with Gasteiger partial charge in [-0.3, -0.25) is 28.6 Å². The Labute approximate surface area is 423 Å². The van der Waals surface area contributed by atoms with E-state index in [1.165, 1.54) is 21.7 Å². The number of carbonyl (C=O) groups excluding carboxylic acids is 3. The van der Waals surface area contributed by atoms with Gasteiger partial charge in [0, 0.05) is 51.8 Å². The minimum atomic E-state index is -0.893. The smallest absolute Gasteiger partial charge is 0.248 e. The van der Waals surface area contributed by atoms with Crippen molar-refractivity contribution in [1.82, 2.24) is 45.1 Å². The van der Waals surface area contributed by atoms with Crippen LogP contribution in [0.15, 0.2) is 89.6 Å². The average Bonchev–Trinajstić information content (AvgIpc) is 4.19. The summed E-state index contributed by atoms with van der Waals surface area (Å²) < 4.78 is 24.7. The number of likely N-dealkylation sites (tertiary alicyclic amines) is 1. The van der Waals surface area contributed by atoms with Crippen LogP contribution < -0.4 is 15.4 Å². The molecule has 3 amide bonds. The summed E-state index contributed by atoms with van der Waals surface area (Å²) in [4.78, 5) is 55.0. The Kier molecular flexibility index (Phi) is 14.3. The quantitative estimate of drug-likeness (QED) is 0.0846. The van der Waals surface area contributed by atoms with E-state index in [4.69, 9.17) is 21.3 Å². The lowest BCUT2D eigenvalue weighted by Gasteiger charge is -2.30. The summed E-state index contributed by atoms with van der Waals surface area (Å²) >= 11 is 9.46.